The molecule has 1 aliphatic carbocycles. The van der Waals surface area contributed by atoms with E-state index >= 15 is 0 Å². The van der Waals surface area contributed by atoms with Crippen LogP contribution in [-0.2, 0) is 14.4 Å². The average Bonchev–Trinajstić information content (AvgIpc) is 3.33. The molecule has 1 fully saturated rings. The summed E-state index contributed by atoms with van der Waals surface area (Å²) in [4.78, 5) is 44.3. The van der Waals surface area contributed by atoms with Gasteiger partial charge in [-0.25, -0.2) is 19.6 Å². The maximum absolute atomic E-state index is 12.7. The Morgan fingerprint density at radius 3 is 2.40 bits per heavy atom. The highest BCUT2D eigenvalue weighted by molar-refractivity contribution is 9.10. The lowest BCUT2D eigenvalue weighted by Gasteiger charge is -2.37. The predicted molar refractivity (Wildman–Crippen MR) is 170 cm³/mol. The molecule has 1 aliphatic heterocycles. The van der Waals surface area contributed by atoms with E-state index in [9.17, 15) is 9.59 Å². The highest BCUT2D eigenvalue weighted by atomic mass is 79.9. The second-order valence-electron chi connectivity index (χ2n) is 11.3. The van der Waals surface area contributed by atoms with E-state index in [0.717, 1.165) is 75.4 Å². The number of carbonyl (C=O) groups is 2. The quantitative estimate of drug-likeness (QED) is 0.197. The SMILES string of the molecule is CC(C)(C)OC(=O)NCC(=O)O/N=C1\c2ccccc2-c2c1c(N1CCN(c3ccccn3)CC1)nc1ccc(Br)cc21. The molecular weight excluding hydrogens is 612 g/mol. The van der Waals surface area contributed by atoms with Crippen LogP contribution < -0.4 is 15.1 Å². The lowest BCUT2D eigenvalue weighted by molar-refractivity contribution is -0.142. The van der Waals surface area contributed by atoms with Crippen LogP contribution in [0.1, 0.15) is 31.9 Å². The standard InChI is InChI=1S/C32H31BrN6O4/c1-32(2,3)42-31(41)35-19-26(40)43-37-29-22-9-5-4-8-21(22)27-23-18-20(33)11-12-24(23)36-30(28(27)29)39-16-14-38(15-17-39)25-10-6-7-13-34-25/h4-13,18H,14-17,19H2,1-3H3,(H,35,41)/b37-29+. The molecule has 0 saturated carbocycles. The monoisotopic (exact) mass is 642 g/mol. The predicted octanol–water partition coefficient (Wildman–Crippen LogP) is 5.52. The summed E-state index contributed by atoms with van der Waals surface area (Å²) in [5.74, 6) is 1.01. The van der Waals surface area contributed by atoms with Gasteiger partial charge in [-0.1, -0.05) is 51.4 Å². The number of hydrogen-bond acceptors (Lipinski definition) is 9. The van der Waals surface area contributed by atoms with Crippen LogP contribution in [0, 0.1) is 0 Å². The summed E-state index contributed by atoms with van der Waals surface area (Å²) < 4.78 is 6.14. The first-order chi connectivity index (χ1) is 20.7. The number of aromatic nitrogens is 2. The van der Waals surface area contributed by atoms with E-state index in [1.807, 2.05) is 60.8 Å². The third kappa shape index (κ3) is 6.03. The van der Waals surface area contributed by atoms with Crippen molar-refractivity contribution < 1.29 is 19.2 Å². The Morgan fingerprint density at radius 1 is 0.953 bits per heavy atom. The molecule has 1 N–H and O–H groups in total. The summed E-state index contributed by atoms with van der Waals surface area (Å²) in [6, 6.07) is 19.9. The second kappa shape index (κ2) is 11.6. The molecule has 2 aromatic heterocycles. The number of anilines is 2. The van der Waals surface area contributed by atoms with Gasteiger partial charge in [0.2, 0.25) is 0 Å². The largest absolute Gasteiger partial charge is 0.444 e. The number of amides is 1. The van der Waals surface area contributed by atoms with Gasteiger partial charge in [-0.15, -0.1) is 0 Å². The number of piperazine rings is 1. The topological polar surface area (TPSA) is 109 Å². The maximum atomic E-state index is 12.7. The summed E-state index contributed by atoms with van der Waals surface area (Å²) in [6.07, 6.45) is 1.10. The molecule has 11 heteroatoms. The maximum Gasteiger partial charge on any atom is 0.408 e. The molecule has 2 aromatic carbocycles. The van der Waals surface area contributed by atoms with Crippen molar-refractivity contribution >= 4 is 56.2 Å². The van der Waals surface area contributed by atoms with E-state index in [2.05, 4.69) is 47.3 Å². The number of benzene rings is 2. The molecule has 0 spiro atoms. The molecule has 6 rings (SSSR count). The molecule has 1 amide bonds. The molecule has 43 heavy (non-hydrogen) atoms. The highest BCUT2D eigenvalue weighted by Crippen LogP contribution is 2.45. The van der Waals surface area contributed by atoms with Crippen LogP contribution in [0.15, 0.2) is 76.5 Å². The number of nitrogens with one attached hydrogen (secondary N) is 1. The van der Waals surface area contributed by atoms with Crippen LogP contribution in [0.25, 0.3) is 22.0 Å². The number of halogens is 1. The van der Waals surface area contributed by atoms with Crippen LogP contribution in [0.2, 0.25) is 0 Å². The van der Waals surface area contributed by atoms with Crippen LogP contribution in [0.3, 0.4) is 0 Å². The lowest BCUT2D eigenvalue weighted by Crippen LogP contribution is -2.47. The number of oxime groups is 1. The van der Waals surface area contributed by atoms with Crippen molar-refractivity contribution in [2.75, 3.05) is 42.5 Å². The summed E-state index contributed by atoms with van der Waals surface area (Å²) in [5.41, 5.74) is 4.32. The summed E-state index contributed by atoms with van der Waals surface area (Å²) in [6.45, 7) is 7.86. The number of alkyl carbamates (subject to hydrolysis) is 1. The van der Waals surface area contributed by atoms with Crippen molar-refractivity contribution in [2.45, 2.75) is 26.4 Å². The molecule has 0 bridgehead atoms. The van der Waals surface area contributed by atoms with Gasteiger partial charge >= 0.3 is 12.1 Å². The van der Waals surface area contributed by atoms with E-state index in [1.54, 1.807) is 20.8 Å². The fourth-order valence-corrected chi connectivity index (χ4v) is 5.73. The van der Waals surface area contributed by atoms with Crippen molar-refractivity contribution in [1.82, 2.24) is 15.3 Å². The first kappa shape index (κ1) is 28.6. The van der Waals surface area contributed by atoms with Gasteiger partial charge < -0.3 is 24.7 Å². The van der Waals surface area contributed by atoms with Gasteiger partial charge in [0.25, 0.3) is 0 Å². The Hall–Kier alpha value is -4.51. The molecule has 0 atom stereocenters. The number of fused-ring (bicyclic) bond motifs is 5. The molecule has 1 saturated heterocycles. The van der Waals surface area contributed by atoms with Gasteiger partial charge in [0.05, 0.1) is 11.1 Å². The lowest BCUT2D eigenvalue weighted by atomic mass is 10.0. The number of rotatable bonds is 5. The van der Waals surface area contributed by atoms with E-state index in [-0.39, 0.29) is 6.54 Å². The zero-order valence-corrected chi connectivity index (χ0v) is 25.7. The zero-order valence-electron chi connectivity index (χ0n) is 24.1. The molecular formula is C32H31BrN6O4. The molecule has 0 unspecified atom stereocenters. The third-order valence-corrected chi connectivity index (χ3v) is 7.68. The van der Waals surface area contributed by atoms with Crippen molar-refractivity contribution in [3.8, 4) is 11.1 Å². The van der Waals surface area contributed by atoms with Gasteiger partial charge in [0.15, 0.2) is 0 Å². The van der Waals surface area contributed by atoms with Crippen molar-refractivity contribution in [1.29, 1.82) is 0 Å². The number of pyridine rings is 2. The minimum atomic E-state index is -0.716. The number of carbonyl (C=O) groups excluding carboxylic acids is 2. The average molecular weight is 644 g/mol. The van der Waals surface area contributed by atoms with Crippen molar-refractivity contribution in [3.05, 3.63) is 82.5 Å². The smallest absolute Gasteiger partial charge is 0.408 e. The normalized spacial score (nSPS) is 15.3. The molecule has 4 aromatic rings. The van der Waals surface area contributed by atoms with E-state index < -0.39 is 17.7 Å². The van der Waals surface area contributed by atoms with Gasteiger partial charge in [0.1, 0.15) is 29.5 Å². The zero-order chi connectivity index (χ0) is 30.1. The van der Waals surface area contributed by atoms with Crippen LogP contribution in [0.5, 0.6) is 0 Å². The third-order valence-electron chi connectivity index (χ3n) is 7.18. The fraction of sp³-hybridized carbons (Fsp3) is 0.281. The Kier molecular flexibility index (Phi) is 7.74. The van der Waals surface area contributed by atoms with Crippen LogP contribution in [-0.4, -0.2) is 66.1 Å². The summed E-state index contributed by atoms with van der Waals surface area (Å²) in [7, 11) is 0. The molecule has 10 nitrogen and oxygen atoms in total. The molecule has 220 valence electrons. The van der Waals surface area contributed by atoms with Crippen LogP contribution in [0.4, 0.5) is 16.4 Å². The minimum absolute atomic E-state index is 0.383. The van der Waals surface area contributed by atoms with Gasteiger partial charge in [0, 0.05) is 53.4 Å². The Morgan fingerprint density at radius 2 is 1.67 bits per heavy atom. The van der Waals surface area contributed by atoms with E-state index in [1.165, 1.54) is 0 Å². The Balaban J connectivity index is 1.36. The fourth-order valence-electron chi connectivity index (χ4n) is 5.37. The first-order valence-corrected chi connectivity index (χ1v) is 14.9. The van der Waals surface area contributed by atoms with E-state index in [4.69, 9.17) is 14.6 Å². The number of ether oxygens (including phenoxy) is 1. The molecule has 0 radical (unpaired) electrons. The first-order valence-electron chi connectivity index (χ1n) is 14.1. The number of hydrogen-bond donors (Lipinski definition) is 1. The summed E-state index contributed by atoms with van der Waals surface area (Å²) in [5, 5.41) is 7.77. The van der Waals surface area contributed by atoms with Gasteiger partial charge in [-0.05, 0) is 56.7 Å². The minimum Gasteiger partial charge on any atom is -0.444 e. The Bertz CT molecular complexity index is 1730. The van der Waals surface area contributed by atoms with Gasteiger partial charge in [-0.3, -0.25) is 0 Å². The summed E-state index contributed by atoms with van der Waals surface area (Å²) >= 11 is 3.62. The van der Waals surface area contributed by atoms with Crippen molar-refractivity contribution in [2.24, 2.45) is 5.16 Å². The molecule has 3 heterocycles. The Labute approximate surface area is 257 Å². The molecule has 2 aliphatic rings. The highest BCUT2D eigenvalue weighted by Gasteiger charge is 2.34. The second-order valence-corrected chi connectivity index (χ2v) is 12.2. The van der Waals surface area contributed by atoms with E-state index in [0.29, 0.717) is 5.71 Å². The van der Waals surface area contributed by atoms with Gasteiger partial charge in [-0.2, -0.15) is 0 Å². The number of nitrogens with zero attached hydrogens (tertiary/aromatic N) is 5. The van der Waals surface area contributed by atoms with Crippen molar-refractivity contribution in [3.63, 3.8) is 0 Å². The van der Waals surface area contributed by atoms with Crippen LogP contribution >= 0.6 is 15.9 Å².